The van der Waals surface area contributed by atoms with Gasteiger partial charge in [0.15, 0.2) is 0 Å². The van der Waals surface area contributed by atoms with Gasteiger partial charge in [-0.05, 0) is 54.5 Å². The van der Waals surface area contributed by atoms with E-state index in [2.05, 4.69) is 66.9 Å². The van der Waals surface area contributed by atoms with Gasteiger partial charge in [-0.25, -0.2) is 0 Å². The number of anilines is 1. The molecule has 90 valence electrons. The average molecular weight is 340 g/mol. The lowest BCUT2D eigenvalue weighted by Crippen LogP contribution is -2.05. The molecule has 0 aliphatic heterocycles. The Morgan fingerprint density at radius 2 is 2.06 bits per heavy atom. The van der Waals surface area contributed by atoms with Crippen LogP contribution in [0.3, 0.4) is 0 Å². The van der Waals surface area contributed by atoms with Crippen molar-refractivity contribution in [2.24, 2.45) is 0 Å². The highest BCUT2D eigenvalue weighted by atomic mass is 127. The van der Waals surface area contributed by atoms with E-state index in [1.165, 1.54) is 20.2 Å². The molecule has 0 aliphatic rings. The molecule has 0 unspecified atom stereocenters. The molecule has 0 fully saturated rings. The summed E-state index contributed by atoms with van der Waals surface area (Å²) in [6, 6.07) is 6.36. The van der Waals surface area contributed by atoms with Crippen LogP contribution < -0.4 is 5.32 Å². The van der Waals surface area contributed by atoms with E-state index in [9.17, 15) is 0 Å². The molecule has 1 aromatic heterocycles. The van der Waals surface area contributed by atoms with E-state index in [4.69, 9.17) is 4.98 Å². The predicted molar refractivity (Wildman–Crippen MR) is 82.7 cm³/mol. The standard InChI is InChI=1S/C14H17IN2/c1-4-10-9(3)17-14-11(13(10)16-5-2)7-6-8-12(14)15/h6-8H,4-5H2,1-3H3,(H,16,17). The average Bonchev–Trinajstić information content (AvgIpc) is 2.31. The third-order valence-electron chi connectivity index (χ3n) is 2.98. The minimum absolute atomic E-state index is 0.941. The fourth-order valence-corrected chi connectivity index (χ4v) is 2.84. The van der Waals surface area contributed by atoms with Crippen molar-refractivity contribution in [3.63, 3.8) is 0 Å². The lowest BCUT2D eigenvalue weighted by molar-refractivity contribution is 1.06. The van der Waals surface area contributed by atoms with Crippen molar-refractivity contribution in [2.45, 2.75) is 27.2 Å². The van der Waals surface area contributed by atoms with E-state index in [1.54, 1.807) is 0 Å². The summed E-state index contributed by atoms with van der Waals surface area (Å²) in [5, 5.41) is 4.73. The molecular weight excluding hydrogens is 323 g/mol. The van der Waals surface area contributed by atoms with Gasteiger partial charge in [-0.2, -0.15) is 0 Å². The van der Waals surface area contributed by atoms with Gasteiger partial charge in [-0.3, -0.25) is 4.98 Å². The Morgan fingerprint density at radius 3 is 2.71 bits per heavy atom. The molecule has 3 heteroatoms. The van der Waals surface area contributed by atoms with E-state index in [1.807, 2.05) is 0 Å². The first kappa shape index (κ1) is 12.6. The first-order chi connectivity index (χ1) is 8.19. The fourth-order valence-electron chi connectivity index (χ4n) is 2.22. The number of para-hydroxylation sites is 1. The van der Waals surface area contributed by atoms with Gasteiger partial charge >= 0.3 is 0 Å². The number of benzene rings is 1. The summed E-state index contributed by atoms with van der Waals surface area (Å²) in [7, 11) is 0. The minimum atomic E-state index is 0.941. The zero-order valence-electron chi connectivity index (χ0n) is 10.5. The highest BCUT2D eigenvalue weighted by Gasteiger charge is 2.11. The summed E-state index contributed by atoms with van der Waals surface area (Å²) in [6.07, 6.45) is 1.02. The van der Waals surface area contributed by atoms with Crippen LogP contribution >= 0.6 is 22.6 Å². The minimum Gasteiger partial charge on any atom is -0.384 e. The Balaban J connectivity index is 2.82. The molecule has 0 aliphatic carbocycles. The van der Waals surface area contributed by atoms with Crippen LogP contribution in [-0.4, -0.2) is 11.5 Å². The number of hydrogen-bond donors (Lipinski definition) is 1. The number of nitrogens with zero attached hydrogens (tertiary/aromatic N) is 1. The number of aromatic nitrogens is 1. The molecule has 1 heterocycles. The van der Waals surface area contributed by atoms with Crippen LogP contribution in [0, 0.1) is 10.5 Å². The highest BCUT2D eigenvalue weighted by Crippen LogP contribution is 2.31. The van der Waals surface area contributed by atoms with Crippen molar-refractivity contribution in [2.75, 3.05) is 11.9 Å². The number of halogens is 1. The molecule has 0 saturated carbocycles. The smallest absolute Gasteiger partial charge is 0.0859 e. The molecule has 0 saturated heterocycles. The van der Waals surface area contributed by atoms with Gasteiger partial charge in [0.05, 0.1) is 5.52 Å². The number of fused-ring (bicyclic) bond motifs is 1. The summed E-state index contributed by atoms with van der Waals surface area (Å²) >= 11 is 2.35. The third kappa shape index (κ3) is 2.25. The molecule has 0 amide bonds. The summed E-state index contributed by atoms with van der Waals surface area (Å²) in [5.74, 6) is 0. The van der Waals surface area contributed by atoms with Crippen LogP contribution in [0.15, 0.2) is 18.2 Å². The second-order valence-electron chi connectivity index (χ2n) is 4.07. The molecule has 1 aromatic carbocycles. The van der Waals surface area contributed by atoms with Gasteiger partial charge in [0.1, 0.15) is 0 Å². The maximum Gasteiger partial charge on any atom is 0.0859 e. The number of nitrogens with one attached hydrogen (secondary N) is 1. The zero-order valence-corrected chi connectivity index (χ0v) is 12.6. The summed E-state index contributed by atoms with van der Waals surface area (Å²) in [6.45, 7) is 7.36. The van der Waals surface area contributed by atoms with Crippen molar-refractivity contribution in [3.8, 4) is 0 Å². The normalized spacial score (nSPS) is 10.8. The van der Waals surface area contributed by atoms with Crippen molar-refractivity contribution in [1.29, 1.82) is 0 Å². The van der Waals surface area contributed by atoms with Gasteiger partial charge in [0.25, 0.3) is 0 Å². The Hall–Kier alpha value is -0.840. The van der Waals surface area contributed by atoms with Gasteiger partial charge < -0.3 is 5.32 Å². The summed E-state index contributed by atoms with van der Waals surface area (Å²) in [4.78, 5) is 4.74. The predicted octanol–water partition coefficient (Wildman–Crippen LogP) is 4.14. The maximum absolute atomic E-state index is 4.74. The number of hydrogen-bond acceptors (Lipinski definition) is 2. The first-order valence-electron chi connectivity index (χ1n) is 6.00. The molecule has 0 bridgehead atoms. The fraction of sp³-hybridized carbons (Fsp3) is 0.357. The van der Waals surface area contributed by atoms with Gasteiger partial charge in [0.2, 0.25) is 0 Å². The lowest BCUT2D eigenvalue weighted by atomic mass is 10.0. The second-order valence-corrected chi connectivity index (χ2v) is 5.23. The molecule has 2 rings (SSSR count). The van der Waals surface area contributed by atoms with Gasteiger partial charge in [-0.1, -0.05) is 19.1 Å². The van der Waals surface area contributed by atoms with Crippen molar-refractivity contribution in [3.05, 3.63) is 33.0 Å². The summed E-state index contributed by atoms with van der Waals surface area (Å²) in [5.41, 5.74) is 4.84. The van der Waals surface area contributed by atoms with Crippen LogP contribution in [0.1, 0.15) is 25.1 Å². The summed E-state index contributed by atoms with van der Waals surface area (Å²) < 4.78 is 1.21. The Bertz CT molecular complexity index is 549. The largest absolute Gasteiger partial charge is 0.384 e. The topological polar surface area (TPSA) is 24.9 Å². The highest BCUT2D eigenvalue weighted by molar-refractivity contribution is 14.1. The number of aryl methyl sites for hydroxylation is 1. The molecule has 1 N–H and O–H groups in total. The van der Waals surface area contributed by atoms with Crippen molar-refractivity contribution in [1.82, 2.24) is 4.98 Å². The SMILES string of the molecule is CCNc1c(CC)c(C)nc2c(I)cccc12. The van der Waals surface area contributed by atoms with E-state index >= 15 is 0 Å². The van der Waals surface area contributed by atoms with Crippen LogP contribution in [0.5, 0.6) is 0 Å². The van der Waals surface area contributed by atoms with Crippen LogP contribution in [0.2, 0.25) is 0 Å². The van der Waals surface area contributed by atoms with Crippen molar-refractivity contribution >= 4 is 39.2 Å². The van der Waals surface area contributed by atoms with E-state index in [0.717, 1.165) is 24.2 Å². The molecule has 17 heavy (non-hydrogen) atoms. The van der Waals surface area contributed by atoms with E-state index < -0.39 is 0 Å². The molecule has 0 spiro atoms. The first-order valence-corrected chi connectivity index (χ1v) is 7.08. The van der Waals surface area contributed by atoms with Crippen LogP contribution in [0.4, 0.5) is 5.69 Å². The number of pyridine rings is 1. The second kappa shape index (κ2) is 5.21. The maximum atomic E-state index is 4.74. The van der Waals surface area contributed by atoms with Gasteiger partial charge in [0, 0.05) is 26.9 Å². The molecular formula is C14H17IN2. The Labute approximate surface area is 116 Å². The Morgan fingerprint density at radius 1 is 1.29 bits per heavy atom. The molecule has 2 nitrogen and oxygen atoms in total. The van der Waals surface area contributed by atoms with E-state index in [0.29, 0.717) is 0 Å². The monoisotopic (exact) mass is 340 g/mol. The van der Waals surface area contributed by atoms with Gasteiger partial charge in [-0.15, -0.1) is 0 Å². The lowest BCUT2D eigenvalue weighted by Gasteiger charge is -2.15. The molecule has 0 atom stereocenters. The van der Waals surface area contributed by atoms with Crippen LogP contribution in [-0.2, 0) is 6.42 Å². The van der Waals surface area contributed by atoms with Crippen LogP contribution in [0.25, 0.3) is 10.9 Å². The van der Waals surface area contributed by atoms with Crippen molar-refractivity contribution < 1.29 is 0 Å². The zero-order chi connectivity index (χ0) is 12.4. The molecule has 2 aromatic rings. The third-order valence-corrected chi connectivity index (χ3v) is 3.85. The number of rotatable bonds is 3. The Kier molecular flexibility index (Phi) is 3.86. The van der Waals surface area contributed by atoms with E-state index in [-0.39, 0.29) is 0 Å². The molecule has 0 radical (unpaired) electrons. The quantitative estimate of drug-likeness (QED) is 0.850.